The molecule has 5 heteroatoms. The van der Waals surface area contributed by atoms with Gasteiger partial charge in [-0.05, 0) is 31.5 Å². The summed E-state index contributed by atoms with van der Waals surface area (Å²) >= 11 is 0. The summed E-state index contributed by atoms with van der Waals surface area (Å²) in [6.07, 6.45) is 0.0983. The predicted molar refractivity (Wildman–Crippen MR) is 73.2 cm³/mol. The van der Waals surface area contributed by atoms with E-state index in [-0.39, 0.29) is 12.6 Å². The van der Waals surface area contributed by atoms with Crippen LogP contribution in [0.5, 0.6) is 5.75 Å². The molecule has 0 amide bonds. The zero-order valence-corrected chi connectivity index (χ0v) is 11.9. The molecule has 0 spiro atoms. The van der Waals surface area contributed by atoms with Crippen LogP contribution in [0.3, 0.4) is 0 Å². The Morgan fingerprint density at radius 3 is 2.95 bits per heavy atom. The first-order valence-corrected chi connectivity index (χ1v) is 6.88. The molecular formula is C15H21F2NO2. The van der Waals surface area contributed by atoms with Gasteiger partial charge in [-0.25, -0.2) is 8.78 Å². The Bertz CT molecular complexity index is 438. The molecule has 1 aliphatic rings. The standard InChI is InChI=1S/C15H21F2NO2/c1-12(2)20-14-5-3-4-13(8-14)9-18-6-7-19-11-15(16,17)10-18/h3-5,8,12H,6-7,9-11H2,1-2H3. The van der Waals surface area contributed by atoms with Crippen LogP contribution < -0.4 is 4.74 Å². The second-order valence-corrected chi connectivity index (χ2v) is 5.43. The van der Waals surface area contributed by atoms with Crippen molar-refractivity contribution in [2.24, 2.45) is 0 Å². The van der Waals surface area contributed by atoms with E-state index in [1.807, 2.05) is 38.1 Å². The molecule has 112 valence electrons. The lowest BCUT2D eigenvalue weighted by Crippen LogP contribution is -2.36. The average Bonchev–Trinajstić information content (AvgIpc) is 2.49. The molecule has 0 radical (unpaired) electrons. The van der Waals surface area contributed by atoms with Crippen LogP contribution in [0.15, 0.2) is 24.3 Å². The summed E-state index contributed by atoms with van der Waals surface area (Å²) in [5, 5.41) is 0. The van der Waals surface area contributed by atoms with Gasteiger partial charge in [-0.1, -0.05) is 12.1 Å². The van der Waals surface area contributed by atoms with E-state index in [9.17, 15) is 8.78 Å². The molecule has 3 nitrogen and oxygen atoms in total. The van der Waals surface area contributed by atoms with Crippen molar-refractivity contribution in [3.05, 3.63) is 29.8 Å². The molecule has 0 aliphatic carbocycles. The van der Waals surface area contributed by atoms with Gasteiger partial charge in [-0.3, -0.25) is 4.90 Å². The van der Waals surface area contributed by atoms with Crippen molar-refractivity contribution in [3.8, 4) is 5.75 Å². The van der Waals surface area contributed by atoms with Crippen LogP contribution in [-0.2, 0) is 11.3 Å². The lowest BCUT2D eigenvalue weighted by molar-refractivity contribution is -0.0689. The topological polar surface area (TPSA) is 21.7 Å². The van der Waals surface area contributed by atoms with Gasteiger partial charge < -0.3 is 9.47 Å². The van der Waals surface area contributed by atoms with Crippen molar-refractivity contribution in [2.45, 2.75) is 32.4 Å². The number of benzene rings is 1. The summed E-state index contributed by atoms with van der Waals surface area (Å²) in [5.74, 6) is -2.00. The minimum Gasteiger partial charge on any atom is -0.491 e. The smallest absolute Gasteiger partial charge is 0.283 e. The second kappa shape index (κ2) is 6.50. The first-order chi connectivity index (χ1) is 9.44. The maximum atomic E-state index is 13.5. The Morgan fingerprint density at radius 2 is 2.20 bits per heavy atom. The summed E-state index contributed by atoms with van der Waals surface area (Å²) in [4.78, 5) is 1.72. The Kier molecular flexibility index (Phi) is 4.94. The molecular weight excluding hydrogens is 264 g/mol. The van der Waals surface area contributed by atoms with Crippen LogP contribution in [0.2, 0.25) is 0 Å². The van der Waals surface area contributed by atoms with Crippen LogP contribution in [0.1, 0.15) is 19.4 Å². The highest BCUT2D eigenvalue weighted by Crippen LogP contribution is 2.21. The lowest BCUT2D eigenvalue weighted by Gasteiger charge is -2.23. The second-order valence-electron chi connectivity index (χ2n) is 5.43. The number of hydrogen-bond acceptors (Lipinski definition) is 3. The molecule has 1 fully saturated rings. The predicted octanol–water partition coefficient (Wildman–Crippen LogP) is 2.94. The van der Waals surface area contributed by atoms with E-state index >= 15 is 0 Å². The molecule has 0 aromatic heterocycles. The van der Waals surface area contributed by atoms with E-state index in [0.29, 0.717) is 19.7 Å². The fraction of sp³-hybridized carbons (Fsp3) is 0.600. The van der Waals surface area contributed by atoms with Crippen LogP contribution in [0, 0.1) is 0 Å². The molecule has 0 atom stereocenters. The third-order valence-electron chi connectivity index (χ3n) is 3.00. The van der Waals surface area contributed by atoms with Gasteiger partial charge in [0.2, 0.25) is 0 Å². The number of alkyl halides is 2. The maximum Gasteiger partial charge on any atom is 0.283 e. The van der Waals surface area contributed by atoms with E-state index in [1.54, 1.807) is 4.90 Å². The summed E-state index contributed by atoms with van der Waals surface area (Å²) in [6, 6.07) is 7.60. The van der Waals surface area contributed by atoms with E-state index in [1.165, 1.54) is 0 Å². The van der Waals surface area contributed by atoms with Crippen molar-refractivity contribution in [3.63, 3.8) is 0 Å². The minimum atomic E-state index is -2.78. The van der Waals surface area contributed by atoms with Crippen molar-refractivity contribution >= 4 is 0 Å². The molecule has 1 heterocycles. The van der Waals surface area contributed by atoms with Crippen molar-refractivity contribution in [2.75, 3.05) is 26.3 Å². The summed E-state index contributed by atoms with van der Waals surface area (Å²) in [7, 11) is 0. The highest BCUT2D eigenvalue weighted by molar-refractivity contribution is 5.28. The van der Waals surface area contributed by atoms with Crippen molar-refractivity contribution in [1.29, 1.82) is 0 Å². The van der Waals surface area contributed by atoms with Gasteiger partial charge in [-0.15, -0.1) is 0 Å². The van der Waals surface area contributed by atoms with E-state index in [4.69, 9.17) is 9.47 Å². The van der Waals surface area contributed by atoms with Gasteiger partial charge in [0, 0.05) is 13.1 Å². The molecule has 1 aromatic rings. The first-order valence-electron chi connectivity index (χ1n) is 6.88. The zero-order valence-electron chi connectivity index (χ0n) is 11.9. The highest BCUT2D eigenvalue weighted by Gasteiger charge is 2.34. The molecule has 20 heavy (non-hydrogen) atoms. The van der Waals surface area contributed by atoms with Gasteiger partial charge >= 0.3 is 0 Å². The molecule has 0 unspecified atom stereocenters. The van der Waals surface area contributed by atoms with Gasteiger partial charge in [0.05, 0.1) is 19.3 Å². The molecule has 1 aromatic carbocycles. The fourth-order valence-corrected chi connectivity index (χ4v) is 2.25. The largest absolute Gasteiger partial charge is 0.491 e. The van der Waals surface area contributed by atoms with Gasteiger partial charge in [0.15, 0.2) is 0 Å². The monoisotopic (exact) mass is 285 g/mol. The minimum absolute atomic E-state index is 0.0983. The maximum absolute atomic E-state index is 13.5. The third-order valence-corrected chi connectivity index (χ3v) is 3.00. The van der Waals surface area contributed by atoms with E-state index in [0.717, 1.165) is 11.3 Å². The Morgan fingerprint density at radius 1 is 1.40 bits per heavy atom. The van der Waals surface area contributed by atoms with Crippen LogP contribution >= 0.6 is 0 Å². The molecule has 0 bridgehead atoms. The quantitative estimate of drug-likeness (QED) is 0.849. The summed E-state index contributed by atoms with van der Waals surface area (Å²) < 4.78 is 37.5. The highest BCUT2D eigenvalue weighted by atomic mass is 19.3. The number of halogens is 2. The van der Waals surface area contributed by atoms with Crippen molar-refractivity contribution < 1.29 is 18.3 Å². The Hall–Kier alpha value is -1.20. The molecule has 0 N–H and O–H groups in total. The SMILES string of the molecule is CC(C)Oc1cccc(CN2CCOCC(F)(F)C2)c1. The van der Waals surface area contributed by atoms with E-state index in [2.05, 4.69) is 0 Å². The molecule has 1 saturated heterocycles. The summed E-state index contributed by atoms with van der Waals surface area (Å²) in [6.45, 7) is 4.51. The first kappa shape index (κ1) is 15.2. The Balaban J connectivity index is 2.01. The fourth-order valence-electron chi connectivity index (χ4n) is 2.25. The van der Waals surface area contributed by atoms with E-state index < -0.39 is 12.5 Å². The third kappa shape index (κ3) is 4.72. The number of nitrogens with zero attached hydrogens (tertiary/aromatic N) is 1. The lowest BCUT2D eigenvalue weighted by atomic mass is 10.2. The molecule has 1 aliphatic heterocycles. The van der Waals surface area contributed by atoms with Crippen LogP contribution in [-0.4, -0.2) is 43.2 Å². The van der Waals surface area contributed by atoms with Gasteiger partial charge in [0.25, 0.3) is 5.92 Å². The van der Waals surface area contributed by atoms with Gasteiger partial charge in [0.1, 0.15) is 12.4 Å². The average molecular weight is 285 g/mol. The number of hydrogen-bond donors (Lipinski definition) is 0. The van der Waals surface area contributed by atoms with Crippen molar-refractivity contribution in [1.82, 2.24) is 4.90 Å². The Labute approximate surface area is 118 Å². The molecule has 0 saturated carbocycles. The van der Waals surface area contributed by atoms with Crippen LogP contribution in [0.4, 0.5) is 8.78 Å². The normalized spacial score (nSPS) is 19.9. The molecule has 2 rings (SSSR count). The summed E-state index contributed by atoms with van der Waals surface area (Å²) in [5.41, 5.74) is 0.973. The van der Waals surface area contributed by atoms with Gasteiger partial charge in [-0.2, -0.15) is 0 Å². The zero-order chi connectivity index (χ0) is 14.6. The number of rotatable bonds is 4. The number of ether oxygens (including phenoxy) is 2. The van der Waals surface area contributed by atoms with Crippen LogP contribution in [0.25, 0.3) is 0 Å².